The van der Waals surface area contributed by atoms with Gasteiger partial charge in [0.15, 0.2) is 0 Å². The average molecular weight is 381 g/mol. The Morgan fingerprint density at radius 2 is 2.00 bits per heavy atom. The zero-order chi connectivity index (χ0) is 19.3. The van der Waals surface area contributed by atoms with Crippen molar-refractivity contribution >= 4 is 10.9 Å². The fraction of sp³-hybridized carbons (Fsp3) is 0.238. The highest BCUT2D eigenvalue weighted by atomic mass is 19.1. The Morgan fingerprint density at radius 1 is 1.11 bits per heavy atom. The van der Waals surface area contributed by atoms with Gasteiger partial charge < -0.3 is 4.57 Å². The molecular weight excluding hydrogens is 365 g/mol. The van der Waals surface area contributed by atoms with E-state index < -0.39 is 11.6 Å². The van der Waals surface area contributed by atoms with Crippen LogP contribution < -0.4 is 0 Å². The van der Waals surface area contributed by atoms with E-state index in [1.54, 1.807) is 16.9 Å². The summed E-state index contributed by atoms with van der Waals surface area (Å²) in [5.41, 5.74) is 2.64. The standard InChI is InChI=1S/C21H16F3N4/c22-15-5-4-13(20(24)10-15)8-18-11-25-26-28(18)17-7-6-16-9-14-2-1-3-19(23)21(14)27(16)12-17/h1-5,10-11,17H,6-8,12H2. The Hall–Kier alpha value is -3.09. The Labute approximate surface area is 159 Å². The number of hydrogen-bond acceptors (Lipinski definition) is 2. The van der Waals surface area contributed by atoms with Crippen molar-refractivity contribution < 1.29 is 13.2 Å². The number of fused-ring (bicyclic) bond motifs is 3. The zero-order valence-corrected chi connectivity index (χ0v) is 14.9. The third kappa shape index (κ3) is 2.78. The number of halogens is 3. The van der Waals surface area contributed by atoms with E-state index in [0.29, 0.717) is 17.6 Å². The zero-order valence-electron chi connectivity index (χ0n) is 14.9. The van der Waals surface area contributed by atoms with Crippen LogP contribution in [-0.2, 0) is 19.4 Å². The molecule has 0 aliphatic carbocycles. The molecule has 4 nitrogen and oxygen atoms in total. The maximum absolute atomic E-state index is 14.4. The van der Waals surface area contributed by atoms with Crippen molar-refractivity contribution in [3.8, 4) is 0 Å². The van der Waals surface area contributed by atoms with Gasteiger partial charge in [-0.25, -0.2) is 17.9 Å². The Bertz CT molecular complexity index is 1180. The summed E-state index contributed by atoms with van der Waals surface area (Å²) in [5.74, 6) is -1.47. The molecule has 1 atom stereocenters. The van der Waals surface area contributed by atoms with Crippen molar-refractivity contribution in [2.75, 3.05) is 0 Å². The van der Waals surface area contributed by atoms with Crippen LogP contribution in [0.3, 0.4) is 0 Å². The van der Waals surface area contributed by atoms with Crippen LogP contribution in [0.25, 0.3) is 10.9 Å². The number of para-hydroxylation sites is 1. The van der Waals surface area contributed by atoms with Crippen LogP contribution in [0.5, 0.6) is 0 Å². The second kappa shape index (κ2) is 6.51. The van der Waals surface area contributed by atoms with Crippen LogP contribution in [0.4, 0.5) is 13.2 Å². The molecule has 5 rings (SSSR count). The highest BCUT2D eigenvalue weighted by Gasteiger charge is 2.25. The molecule has 0 saturated heterocycles. The smallest absolute Gasteiger partial charge is 0.147 e. The lowest BCUT2D eigenvalue weighted by Crippen LogP contribution is -2.25. The quantitative estimate of drug-likeness (QED) is 0.532. The molecule has 0 N–H and O–H groups in total. The summed E-state index contributed by atoms with van der Waals surface area (Å²) in [7, 11) is 0. The largest absolute Gasteiger partial charge is 0.339 e. The van der Waals surface area contributed by atoms with Crippen LogP contribution in [0.2, 0.25) is 0 Å². The monoisotopic (exact) mass is 381 g/mol. The van der Waals surface area contributed by atoms with Crippen molar-refractivity contribution in [1.29, 1.82) is 0 Å². The minimum atomic E-state index is -0.606. The van der Waals surface area contributed by atoms with Crippen molar-refractivity contribution in [1.82, 2.24) is 19.6 Å². The molecule has 3 heterocycles. The molecule has 1 radical (unpaired) electrons. The molecule has 28 heavy (non-hydrogen) atoms. The fourth-order valence-electron chi connectivity index (χ4n) is 4.01. The molecule has 0 spiro atoms. The first-order valence-corrected chi connectivity index (χ1v) is 9.12. The van der Waals surface area contributed by atoms with E-state index in [4.69, 9.17) is 0 Å². The van der Waals surface area contributed by atoms with Gasteiger partial charge in [-0.3, -0.25) is 0 Å². The summed E-state index contributed by atoms with van der Waals surface area (Å²) in [5, 5.41) is 8.95. The molecule has 1 aliphatic rings. The second-order valence-corrected chi connectivity index (χ2v) is 7.09. The molecule has 1 unspecified atom stereocenters. The number of aryl methyl sites for hydroxylation is 1. The lowest BCUT2D eigenvalue weighted by Gasteiger charge is -2.26. The van der Waals surface area contributed by atoms with Crippen LogP contribution in [-0.4, -0.2) is 19.6 Å². The van der Waals surface area contributed by atoms with Gasteiger partial charge in [-0.2, -0.15) is 0 Å². The number of aromatic nitrogens is 4. The highest BCUT2D eigenvalue weighted by molar-refractivity contribution is 5.81. The highest BCUT2D eigenvalue weighted by Crippen LogP contribution is 2.31. The van der Waals surface area contributed by atoms with Gasteiger partial charge >= 0.3 is 0 Å². The van der Waals surface area contributed by atoms with Gasteiger partial charge in [-0.15, -0.1) is 5.10 Å². The molecule has 2 aromatic heterocycles. The first kappa shape index (κ1) is 17.0. The van der Waals surface area contributed by atoms with E-state index in [2.05, 4.69) is 16.4 Å². The number of rotatable bonds is 3. The number of hydrogen-bond donors (Lipinski definition) is 0. The van der Waals surface area contributed by atoms with Crippen molar-refractivity contribution in [2.24, 2.45) is 0 Å². The number of nitrogens with zero attached hydrogens (tertiary/aromatic N) is 4. The van der Waals surface area contributed by atoms with Gasteiger partial charge in [0.25, 0.3) is 0 Å². The SMILES string of the molecule is Fc1ccc(Cc2cnnn2C2CCc3[c]c4cccc(F)c4n3C2)c(F)c1. The van der Waals surface area contributed by atoms with Crippen LogP contribution in [0.15, 0.2) is 42.6 Å². The Morgan fingerprint density at radius 3 is 2.86 bits per heavy atom. The normalized spacial score (nSPS) is 16.5. The predicted molar refractivity (Wildman–Crippen MR) is 97.3 cm³/mol. The summed E-state index contributed by atoms with van der Waals surface area (Å²) in [4.78, 5) is 0. The van der Waals surface area contributed by atoms with Crippen LogP contribution in [0, 0.1) is 23.5 Å². The van der Waals surface area contributed by atoms with Crippen LogP contribution >= 0.6 is 0 Å². The molecule has 0 fully saturated rings. The predicted octanol–water partition coefficient (Wildman–Crippen LogP) is 4.23. The third-order valence-corrected chi connectivity index (χ3v) is 5.35. The average Bonchev–Trinajstić information content (AvgIpc) is 3.28. The molecule has 0 saturated carbocycles. The molecule has 0 bridgehead atoms. The number of benzene rings is 2. The lowest BCUT2D eigenvalue weighted by atomic mass is 10.0. The molecule has 2 aromatic carbocycles. The lowest BCUT2D eigenvalue weighted by molar-refractivity contribution is 0.329. The molecule has 0 amide bonds. The Kier molecular flexibility index (Phi) is 3.96. The summed E-state index contributed by atoms with van der Waals surface area (Å²) < 4.78 is 45.3. The van der Waals surface area contributed by atoms with Crippen molar-refractivity contribution in [3.05, 3.63) is 83.1 Å². The minimum absolute atomic E-state index is 0.0304. The summed E-state index contributed by atoms with van der Waals surface area (Å²) >= 11 is 0. The van der Waals surface area contributed by atoms with Gasteiger partial charge in [0.2, 0.25) is 0 Å². The van der Waals surface area contributed by atoms with Gasteiger partial charge in [0.05, 0.1) is 23.4 Å². The first-order valence-electron chi connectivity index (χ1n) is 9.12. The van der Waals surface area contributed by atoms with E-state index in [0.717, 1.165) is 35.7 Å². The van der Waals surface area contributed by atoms with E-state index >= 15 is 0 Å². The maximum atomic E-state index is 14.4. The van der Waals surface area contributed by atoms with E-state index in [-0.39, 0.29) is 18.3 Å². The van der Waals surface area contributed by atoms with Gasteiger partial charge in [0.1, 0.15) is 17.5 Å². The molecule has 141 valence electrons. The Balaban J connectivity index is 1.47. The van der Waals surface area contributed by atoms with Gasteiger partial charge in [0, 0.05) is 36.2 Å². The third-order valence-electron chi connectivity index (χ3n) is 5.35. The molecule has 1 aliphatic heterocycles. The maximum Gasteiger partial charge on any atom is 0.147 e. The summed E-state index contributed by atoms with van der Waals surface area (Å²) in [6.07, 6.45) is 3.40. The second-order valence-electron chi connectivity index (χ2n) is 7.09. The molecule has 4 aromatic rings. The fourth-order valence-corrected chi connectivity index (χ4v) is 4.01. The first-order chi connectivity index (χ1) is 13.6. The van der Waals surface area contributed by atoms with Crippen molar-refractivity contribution in [2.45, 2.75) is 31.8 Å². The summed E-state index contributed by atoms with van der Waals surface area (Å²) in [6, 6.07) is 11.8. The van der Waals surface area contributed by atoms with Gasteiger partial charge in [-0.1, -0.05) is 23.4 Å². The van der Waals surface area contributed by atoms with E-state index in [1.807, 2.05) is 10.6 Å². The topological polar surface area (TPSA) is 35.6 Å². The molecular formula is C21H16F3N4. The molecule has 7 heteroatoms. The van der Waals surface area contributed by atoms with E-state index in [1.165, 1.54) is 18.2 Å². The van der Waals surface area contributed by atoms with Crippen LogP contribution in [0.1, 0.15) is 29.4 Å². The van der Waals surface area contributed by atoms with Crippen molar-refractivity contribution in [3.63, 3.8) is 0 Å². The van der Waals surface area contributed by atoms with Gasteiger partial charge in [-0.05, 0) is 30.5 Å². The summed E-state index contributed by atoms with van der Waals surface area (Å²) in [6.45, 7) is 0.540. The minimum Gasteiger partial charge on any atom is -0.339 e. The van der Waals surface area contributed by atoms with E-state index in [9.17, 15) is 13.2 Å².